The summed E-state index contributed by atoms with van der Waals surface area (Å²) in [4.78, 5) is 11.6. The third-order valence-corrected chi connectivity index (χ3v) is 8.90. The van der Waals surface area contributed by atoms with Gasteiger partial charge >= 0.3 is 16.4 Å². The fourth-order valence-corrected chi connectivity index (χ4v) is 6.23. The molecule has 284 valence electrons. The number of rotatable bonds is 31. The molecular weight excluding hydrogens is 644 g/mol. The standard InChI is InChI=1S/C35H66O12S/c1-3-4-5-6-7-8-9-10-11-12-13-14-15-16-17-18-19-20-21-22-23-24-25-43-27-30(45-29(2)37)28-44-35-33(39)34(47-48(40,41)42)32(38)31(26-36)46-35/h12-13,30-36,38-39H,3-11,14-28H2,1-2H3,(H,40,41,42)/b13-12-. The highest BCUT2D eigenvalue weighted by molar-refractivity contribution is 7.80. The van der Waals surface area contributed by atoms with Gasteiger partial charge in [-0.1, -0.05) is 115 Å². The van der Waals surface area contributed by atoms with Gasteiger partial charge in [0, 0.05) is 13.5 Å². The number of aliphatic hydroxyl groups is 3. The van der Waals surface area contributed by atoms with Crippen molar-refractivity contribution in [3.8, 4) is 0 Å². The van der Waals surface area contributed by atoms with Crippen LogP contribution in [0.2, 0.25) is 0 Å². The largest absolute Gasteiger partial charge is 0.458 e. The summed E-state index contributed by atoms with van der Waals surface area (Å²) in [6.07, 6.45) is 20.9. The normalized spacial score (nSPS) is 22.3. The van der Waals surface area contributed by atoms with Gasteiger partial charge in [-0.3, -0.25) is 9.35 Å². The molecule has 6 atom stereocenters. The second kappa shape index (κ2) is 28.5. The van der Waals surface area contributed by atoms with Crippen LogP contribution < -0.4 is 0 Å². The minimum absolute atomic E-state index is 0.0223. The molecule has 0 saturated carbocycles. The zero-order valence-corrected chi connectivity index (χ0v) is 30.4. The molecule has 1 fully saturated rings. The lowest BCUT2D eigenvalue weighted by atomic mass is 9.99. The quantitative estimate of drug-likeness (QED) is 0.0288. The number of ether oxygens (including phenoxy) is 4. The van der Waals surface area contributed by atoms with Gasteiger partial charge in [0.15, 0.2) is 6.29 Å². The van der Waals surface area contributed by atoms with Gasteiger partial charge in [0.25, 0.3) is 0 Å². The molecule has 0 aliphatic carbocycles. The number of allylic oxidation sites excluding steroid dienone is 2. The highest BCUT2D eigenvalue weighted by Crippen LogP contribution is 2.26. The first kappa shape index (κ1) is 44.9. The summed E-state index contributed by atoms with van der Waals surface area (Å²) >= 11 is 0. The third kappa shape index (κ3) is 23.3. The molecule has 0 radical (unpaired) electrons. The summed E-state index contributed by atoms with van der Waals surface area (Å²) in [6.45, 7) is 2.95. The van der Waals surface area contributed by atoms with Crippen molar-refractivity contribution in [3.05, 3.63) is 12.2 Å². The number of carbonyl (C=O) groups excluding carboxylic acids is 1. The average Bonchev–Trinajstić information content (AvgIpc) is 3.03. The van der Waals surface area contributed by atoms with Crippen molar-refractivity contribution in [1.29, 1.82) is 0 Å². The topological polar surface area (TPSA) is 178 Å². The molecule has 1 aliphatic heterocycles. The first-order valence-corrected chi connectivity index (χ1v) is 19.7. The highest BCUT2D eigenvalue weighted by atomic mass is 32.3. The Labute approximate surface area is 289 Å². The lowest BCUT2D eigenvalue weighted by Gasteiger charge is -2.41. The van der Waals surface area contributed by atoms with E-state index in [2.05, 4.69) is 23.3 Å². The van der Waals surface area contributed by atoms with E-state index in [1.807, 2.05) is 0 Å². The fourth-order valence-electron chi connectivity index (χ4n) is 5.72. The summed E-state index contributed by atoms with van der Waals surface area (Å²) in [5.41, 5.74) is 0. The third-order valence-electron chi connectivity index (χ3n) is 8.44. The first-order valence-electron chi connectivity index (χ1n) is 18.4. The zero-order valence-electron chi connectivity index (χ0n) is 29.6. The summed E-state index contributed by atoms with van der Waals surface area (Å²) in [5.74, 6) is -0.574. The van der Waals surface area contributed by atoms with Gasteiger partial charge in [-0.2, -0.15) is 8.42 Å². The number of hydrogen-bond donors (Lipinski definition) is 4. The smallest absolute Gasteiger partial charge is 0.397 e. The molecule has 1 saturated heterocycles. The van der Waals surface area contributed by atoms with Gasteiger partial charge in [-0.15, -0.1) is 0 Å². The number of carbonyl (C=O) groups is 1. The zero-order chi connectivity index (χ0) is 35.5. The number of hydrogen-bond acceptors (Lipinski definition) is 11. The predicted molar refractivity (Wildman–Crippen MR) is 184 cm³/mol. The Bertz CT molecular complexity index is 915. The number of unbranched alkanes of at least 4 members (excludes halogenated alkanes) is 18. The predicted octanol–water partition coefficient (Wildman–Crippen LogP) is 5.96. The molecule has 6 unspecified atom stereocenters. The van der Waals surface area contributed by atoms with Gasteiger partial charge in [0.1, 0.15) is 30.5 Å². The molecule has 12 nitrogen and oxygen atoms in total. The van der Waals surface area contributed by atoms with Crippen LogP contribution in [-0.2, 0) is 38.3 Å². The number of aliphatic hydroxyl groups excluding tert-OH is 3. The van der Waals surface area contributed by atoms with E-state index in [0.717, 1.165) is 19.3 Å². The first-order chi connectivity index (χ1) is 23.1. The minimum Gasteiger partial charge on any atom is -0.458 e. The maximum absolute atomic E-state index is 11.6. The lowest BCUT2D eigenvalue weighted by molar-refractivity contribution is -0.301. The van der Waals surface area contributed by atoms with Crippen LogP contribution in [0.3, 0.4) is 0 Å². The van der Waals surface area contributed by atoms with E-state index in [1.54, 1.807) is 0 Å². The van der Waals surface area contributed by atoms with Crippen LogP contribution in [0.25, 0.3) is 0 Å². The molecule has 0 bridgehead atoms. The summed E-state index contributed by atoms with van der Waals surface area (Å²) < 4.78 is 57.3. The van der Waals surface area contributed by atoms with Crippen LogP contribution >= 0.6 is 0 Å². The Balaban J connectivity index is 2.08. The van der Waals surface area contributed by atoms with Crippen LogP contribution in [0, 0.1) is 0 Å². The van der Waals surface area contributed by atoms with Gasteiger partial charge in [0.05, 0.1) is 19.8 Å². The lowest BCUT2D eigenvalue weighted by Crippen LogP contribution is -2.60. The van der Waals surface area contributed by atoms with E-state index in [-0.39, 0.29) is 13.2 Å². The molecule has 13 heteroatoms. The van der Waals surface area contributed by atoms with Crippen LogP contribution in [-0.4, -0.2) is 97.5 Å². The Kier molecular flexibility index (Phi) is 26.7. The van der Waals surface area contributed by atoms with Crippen molar-refractivity contribution in [3.63, 3.8) is 0 Å². The summed E-state index contributed by atoms with van der Waals surface area (Å²) in [6, 6.07) is 0. The van der Waals surface area contributed by atoms with Crippen molar-refractivity contribution in [2.24, 2.45) is 0 Å². The molecule has 1 rings (SSSR count). The molecule has 0 aromatic rings. The van der Waals surface area contributed by atoms with E-state index >= 15 is 0 Å². The van der Waals surface area contributed by atoms with Crippen molar-refractivity contribution < 1.29 is 56.2 Å². The summed E-state index contributed by atoms with van der Waals surface area (Å²) in [5, 5.41) is 30.0. The van der Waals surface area contributed by atoms with Crippen LogP contribution in [0.1, 0.15) is 142 Å². The monoisotopic (exact) mass is 710 g/mol. The van der Waals surface area contributed by atoms with Gasteiger partial charge in [-0.25, -0.2) is 4.18 Å². The van der Waals surface area contributed by atoms with Crippen molar-refractivity contribution in [2.45, 2.75) is 179 Å². The Morgan fingerprint density at radius 3 is 1.75 bits per heavy atom. The van der Waals surface area contributed by atoms with Crippen LogP contribution in [0.15, 0.2) is 12.2 Å². The molecule has 4 N–H and O–H groups in total. The van der Waals surface area contributed by atoms with Crippen molar-refractivity contribution >= 4 is 16.4 Å². The SMILES string of the molecule is CCCCCCCCCC/C=C\CCCCCCCCCCCCOCC(COC1OC(CO)C(O)C(OS(=O)(=O)O)C1O)OC(C)=O. The molecule has 0 aromatic carbocycles. The molecule has 48 heavy (non-hydrogen) atoms. The van der Waals surface area contributed by atoms with Crippen LogP contribution in [0.5, 0.6) is 0 Å². The Morgan fingerprint density at radius 2 is 1.27 bits per heavy atom. The molecule has 0 amide bonds. The van der Waals surface area contributed by atoms with E-state index in [9.17, 15) is 28.5 Å². The summed E-state index contributed by atoms with van der Waals surface area (Å²) in [7, 11) is -5.03. The molecule has 1 heterocycles. The molecule has 0 spiro atoms. The molecular formula is C35H66O12S. The van der Waals surface area contributed by atoms with Crippen molar-refractivity contribution in [1.82, 2.24) is 0 Å². The van der Waals surface area contributed by atoms with Gasteiger partial charge in [0.2, 0.25) is 0 Å². The fraction of sp³-hybridized carbons (Fsp3) is 0.914. The second-order valence-electron chi connectivity index (χ2n) is 12.9. The molecule has 0 aromatic heterocycles. The maximum atomic E-state index is 11.6. The van der Waals surface area contributed by atoms with Gasteiger partial charge < -0.3 is 34.3 Å². The van der Waals surface area contributed by atoms with E-state index in [1.165, 1.54) is 116 Å². The second-order valence-corrected chi connectivity index (χ2v) is 13.9. The van der Waals surface area contributed by atoms with E-state index < -0.39 is 59.8 Å². The highest BCUT2D eigenvalue weighted by Gasteiger charge is 2.48. The maximum Gasteiger partial charge on any atom is 0.397 e. The molecule has 1 aliphatic rings. The van der Waals surface area contributed by atoms with Gasteiger partial charge in [-0.05, 0) is 32.1 Å². The number of esters is 1. The minimum atomic E-state index is -5.03. The Hall–Kier alpha value is -1.16. The van der Waals surface area contributed by atoms with Crippen LogP contribution in [0.4, 0.5) is 0 Å². The average molecular weight is 711 g/mol. The van der Waals surface area contributed by atoms with Crippen molar-refractivity contribution in [2.75, 3.05) is 26.4 Å². The van der Waals surface area contributed by atoms with E-state index in [4.69, 9.17) is 23.5 Å². The van der Waals surface area contributed by atoms with E-state index in [0.29, 0.717) is 6.61 Å². The Morgan fingerprint density at radius 1 is 0.771 bits per heavy atom.